The maximum absolute atomic E-state index is 13.3. The summed E-state index contributed by atoms with van der Waals surface area (Å²) in [7, 11) is 0. The summed E-state index contributed by atoms with van der Waals surface area (Å²) in [4.78, 5) is 24.8. The Morgan fingerprint density at radius 2 is 2.27 bits per heavy atom. The molecule has 8 nitrogen and oxygen atoms in total. The number of benzene rings is 1. The van der Waals surface area contributed by atoms with Crippen LogP contribution in [0.1, 0.15) is 24.7 Å². The second kappa shape index (κ2) is 8.32. The third kappa shape index (κ3) is 3.61. The van der Waals surface area contributed by atoms with E-state index >= 15 is 0 Å². The van der Waals surface area contributed by atoms with Crippen molar-refractivity contribution in [1.29, 1.82) is 5.41 Å². The molecule has 4 aromatic rings. The molecule has 0 aliphatic carbocycles. The summed E-state index contributed by atoms with van der Waals surface area (Å²) in [6.07, 6.45) is 7.67. The number of fused-ring (bicyclic) bond motifs is 3. The normalized spacial score (nSPS) is 12.0. The number of aromatic amines is 1. The first-order valence-electron chi connectivity index (χ1n) is 9.76. The quantitative estimate of drug-likeness (QED) is 0.309. The zero-order valence-electron chi connectivity index (χ0n) is 16.5. The van der Waals surface area contributed by atoms with Crippen LogP contribution >= 0.6 is 0 Å². The van der Waals surface area contributed by atoms with E-state index in [9.17, 15) is 9.18 Å². The van der Waals surface area contributed by atoms with Gasteiger partial charge in [-0.15, -0.1) is 0 Å². The standard InChI is InChI=1S/C21H22FN7O/c1-2-9-29-20(30)17-19(28-10-8-25-21(28)29)27-18(26-17)15(12-23)13-24-7-6-14-4-3-5-16(22)11-14/h3-5,8,10-13,23-24H,2,6-7,9H2,1H3,(H,26,27)/b15-13+,23-12?. The largest absolute Gasteiger partial charge is 0.390 e. The van der Waals surface area contributed by atoms with E-state index in [1.165, 1.54) is 18.3 Å². The number of rotatable bonds is 8. The molecule has 3 aromatic heterocycles. The number of imidazole rings is 2. The SMILES string of the molecule is CCCn1c(=O)c2[nH]c(/C(C=N)=C/NCCc3cccc(F)c3)nc2n2ccnc12. The Morgan fingerprint density at radius 3 is 3.03 bits per heavy atom. The molecule has 0 amide bonds. The number of H-pyrrole nitrogens is 1. The molecule has 0 bridgehead atoms. The van der Waals surface area contributed by atoms with Gasteiger partial charge in [0.05, 0.1) is 5.57 Å². The van der Waals surface area contributed by atoms with Crippen molar-refractivity contribution < 1.29 is 4.39 Å². The van der Waals surface area contributed by atoms with Crippen molar-refractivity contribution >= 4 is 28.7 Å². The first-order valence-corrected chi connectivity index (χ1v) is 9.76. The van der Waals surface area contributed by atoms with E-state index in [1.54, 1.807) is 33.6 Å². The van der Waals surface area contributed by atoms with Crippen molar-refractivity contribution in [2.45, 2.75) is 26.3 Å². The van der Waals surface area contributed by atoms with Crippen LogP contribution in [0, 0.1) is 11.2 Å². The average molecular weight is 407 g/mol. The molecule has 4 rings (SSSR count). The Bertz CT molecular complexity index is 1300. The highest BCUT2D eigenvalue weighted by Gasteiger charge is 2.16. The van der Waals surface area contributed by atoms with Crippen LogP contribution in [0.15, 0.2) is 47.7 Å². The summed E-state index contributed by atoms with van der Waals surface area (Å²) in [6, 6.07) is 6.46. The summed E-state index contributed by atoms with van der Waals surface area (Å²) >= 11 is 0. The van der Waals surface area contributed by atoms with Crippen LogP contribution < -0.4 is 10.9 Å². The van der Waals surface area contributed by atoms with Gasteiger partial charge in [-0.3, -0.25) is 13.8 Å². The van der Waals surface area contributed by atoms with Crippen LogP contribution in [0.2, 0.25) is 0 Å². The monoisotopic (exact) mass is 407 g/mol. The van der Waals surface area contributed by atoms with Gasteiger partial charge in [0.15, 0.2) is 11.2 Å². The molecule has 9 heteroatoms. The van der Waals surface area contributed by atoms with E-state index in [0.717, 1.165) is 12.0 Å². The van der Waals surface area contributed by atoms with Crippen LogP contribution in [0.3, 0.4) is 0 Å². The van der Waals surface area contributed by atoms with Gasteiger partial charge in [0.2, 0.25) is 5.78 Å². The first-order chi connectivity index (χ1) is 14.6. The first kappa shape index (κ1) is 19.6. The van der Waals surface area contributed by atoms with Gasteiger partial charge < -0.3 is 15.7 Å². The number of hydrogen-bond donors (Lipinski definition) is 3. The fourth-order valence-electron chi connectivity index (χ4n) is 3.41. The van der Waals surface area contributed by atoms with Gasteiger partial charge in [-0.05, 0) is 30.5 Å². The van der Waals surface area contributed by atoms with Crippen LogP contribution in [-0.4, -0.2) is 36.7 Å². The predicted molar refractivity (Wildman–Crippen MR) is 114 cm³/mol. The number of nitrogens with zero attached hydrogens (tertiary/aromatic N) is 4. The molecule has 0 fully saturated rings. The number of allylic oxidation sites excluding steroid dienone is 1. The topological polar surface area (TPSA) is 104 Å². The molecule has 1 aromatic carbocycles. The highest BCUT2D eigenvalue weighted by Crippen LogP contribution is 2.15. The van der Waals surface area contributed by atoms with Crippen molar-refractivity contribution in [3.63, 3.8) is 0 Å². The van der Waals surface area contributed by atoms with E-state index < -0.39 is 0 Å². The van der Waals surface area contributed by atoms with Crippen LogP contribution in [0.4, 0.5) is 4.39 Å². The lowest BCUT2D eigenvalue weighted by Gasteiger charge is -2.05. The molecule has 0 aliphatic rings. The Labute approximate surface area is 171 Å². The molecular weight excluding hydrogens is 385 g/mol. The molecule has 0 saturated carbocycles. The Hall–Kier alpha value is -3.75. The smallest absolute Gasteiger partial charge is 0.280 e. The molecule has 0 radical (unpaired) electrons. The van der Waals surface area contributed by atoms with E-state index in [2.05, 4.69) is 20.3 Å². The molecular formula is C21H22FN7O. The summed E-state index contributed by atoms with van der Waals surface area (Å²) < 4.78 is 16.7. The molecule has 0 spiro atoms. The number of hydrogen-bond acceptors (Lipinski definition) is 5. The minimum Gasteiger partial charge on any atom is -0.390 e. The molecule has 30 heavy (non-hydrogen) atoms. The summed E-state index contributed by atoms with van der Waals surface area (Å²) in [5.74, 6) is 0.700. The summed E-state index contributed by atoms with van der Waals surface area (Å²) in [5, 5.41) is 10.9. The predicted octanol–water partition coefficient (Wildman–Crippen LogP) is 2.74. The lowest BCUT2D eigenvalue weighted by atomic mass is 10.1. The van der Waals surface area contributed by atoms with Gasteiger partial charge in [0.25, 0.3) is 5.56 Å². The van der Waals surface area contributed by atoms with Crippen LogP contribution in [0.25, 0.3) is 22.5 Å². The van der Waals surface area contributed by atoms with E-state index in [0.29, 0.717) is 47.8 Å². The fourth-order valence-corrected chi connectivity index (χ4v) is 3.41. The molecule has 0 atom stereocenters. The highest BCUT2D eigenvalue weighted by atomic mass is 19.1. The van der Waals surface area contributed by atoms with E-state index in [4.69, 9.17) is 5.41 Å². The van der Waals surface area contributed by atoms with E-state index in [-0.39, 0.29) is 11.4 Å². The van der Waals surface area contributed by atoms with Crippen molar-refractivity contribution in [3.05, 3.63) is 70.4 Å². The number of aromatic nitrogens is 5. The maximum atomic E-state index is 13.3. The van der Waals surface area contributed by atoms with Gasteiger partial charge in [-0.25, -0.2) is 14.4 Å². The molecule has 154 valence electrons. The fraction of sp³-hybridized carbons (Fsp3) is 0.238. The number of nitrogens with one attached hydrogen (secondary N) is 3. The Kier molecular flexibility index (Phi) is 5.42. The lowest BCUT2D eigenvalue weighted by Crippen LogP contribution is -2.23. The average Bonchev–Trinajstić information content (AvgIpc) is 3.38. The zero-order chi connectivity index (χ0) is 21.1. The minimum atomic E-state index is -0.259. The van der Waals surface area contributed by atoms with Crippen molar-refractivity contribution in [2.24, 2.45) is 0 Å². The number of halogens is 1. The molecule has 0 saturated heterocycles. The van der Waals surface area contributed by atoms with Crippen molar-refractivity contribution in [2.75, 3.05) is 6.54 Å². The number of aryl methyl sites for hydroxylation is 1. The van der Waals surface area contributed by atoms with Crippen molar-refractivity contribution in [3.8, 4) is 0 Å². The maximum Gasteiger partial charge on any atom is 0.280 e. The highest BCUT2D eigenvalue weighted by molar-refractivity contribution is 6.07. The Morgan fingerprint density at radius 1 is 1.40 bits per heavy atom. The molecule has 0 unspecified atom stereocenters. The third-order valence-electron chi connectivity index (χ3n) is 4.82. The molecule has 0 aliphatic heterocycles. The minimum absolute atomic E-state index is 0.187. The van der Waals surface area contributed by atoms with Crippen molar-refractivity contribution in [1.82, 2.24) is 29.2 Å². The third-order valence-corrected chi connectivity index (χ3v) is 4.82. The van der Waals surface area contributed by atoms with E-state index in [1.807, 2.05) is 13.0 Å². The lowest BCUT2D eigenvalue weighted by molar-refractivity contribution is 0.625. The second-order valence-corrected chi connectivity index (χ2v) is 6.92. The van der Waals surface area contributed by atoms with Gasteiger partial charge in [-0.1, -0.05) is 19.1 Å². The van der Waals surface area contributed by atoms with Gasteiger partial charge in [-0.2, -0.15) is 0 Å². The molecule has 3 heterocycles. The Balaban J connectivity index is 1.62. The van der Waals surface area contributed by atoms with Gasteiger partial charge in [0, 0.05) is 37.9 Å². The second-order valence-electron chi connectivity index (χ2n) is 6.92. The van der Waals surface area contributed by atoms with Gasteiger partial charge >= 0.3 is 0 Å². The van der Waals surface area contributed by atoms with Crippen LogP contribution in [-0.2, 0) is 13.0 Å². The van der Waals surface area contributed by atoms with Crippen LogP contribution in [0.5, 0.6) is 0 Å². The summed E-state index contributed by atoms with van der Waals surface area (Å²) in [5.41, 5.74) is 2.04. The van der Waals surface area contributed by atoms with Gasteiger partial charge in [0.1, 0.15) is 11.6 Å². The zero-order valence-corrected chi connectivity index (χ0v) is 16.5. The summed E-state index contributed by atoms with van der Waals surface area (Å²) in [6.45, 7) is 3.12. The molecule has 3 N–H and O–H groups in total.